The van der Waals surface area contributed by atoms with Gasteiger partial charge >= 0.3 is 0 Å². The van der Waals surface area contributed by atoms with Gasteiger partial charge in [-0.3, -0.25) is 0 Å². The Kier molecular flexibility index (Phi) is 5.27. The molecule has 0 unspecified atom stereocenters. The van der Waals surface area contributed by atoms with Gasteiger partial charge < -0.3 is 20.1 Å². The highest BCUT2D eigenvalue weighted by atomic mass is 32.1. The van der Waals surface area contributed by atoms with Crippen molar-refractivity contribution in [1.82, 2.24) is 5.32 Å². The first-order valence-electron chi connectivity index (χ1n) is 6.74. The number of thiocarbonyl (C=S) groups is 1. The molecular weight excluding hydrogens is 260 g/mol. The third kappa shape index (κ3) is 4.28. The zero-order valence-corrected chi connectivity index (χ0v) is 12.0. The molecule has 2 rings (SSSR count). The standard InChI is InChI=1S/C14H20N2O2S/c1-2-3-4-5-8-15-14(19)16-11-6-7-12-13(9-11)18-10-17-12/h6-7,9H,2-5,8,10H2,1H3,(H2,15,16,19). The number of anilines is 1. The van der Waals surface area contributed by atoms with Crippen LogP contribution in [0.3, 0.4) is 0 Å². The molecule has 0 bridgehead atoms. The van der Waals surface area contributed by atoms with Crippen LogP contribution in [0.15, 0.2) is 18.2 Å². The maximum absolute atomic E-state index is 5.32. The summed E-state index contributed by atoms with van der Waals surface area (Å²) in [6.45, 7) is 3.41. The average Bonchev–Trinajstić information content (AvgIpc) is 2.86. The van der Waals surface area contributed by atoms with Gasteiger partial charge in [-0.2, -0.15) is 0 Å². The molecule has 0 radical (unpaired) electrons. The normalized spacial score (nSPS) is 12.3. The maximum atomic E-state index is 5.32. The second-order valence-electron chi connectivity index (χ2n) is 4.51. The number of fused-ring (bicyclic) bond motifs is 1. The van der Waals surface area contributed by atoms with Crippen LogP contribution in [0.5, 0.6) is 11.5 Å². The quantitative estimate of drug-likeness (QED) is 0.618. The number of ether oxygens (including phenoxy) is 2. The summed E-state index contributed by atoms with van der Waals surface area (Å²) in [6.07, 6.45) is 4.93. The van der Waals surface area contributed by atoms with Crippen LogP contribution in [0.4, 0.5) is 5.69 Å². The summed E-state index contributed by atoms with van der Waals surface area (Å²) in [5.41, 5.74) is 0.912. The van der Waals surface area contributed by atoms with E-state index in [1.54, 1.807) is 0 Å². The molecule has 1 aliphatic rings. The number of rotatable bonds is 6. The van der Waals surface area contributed by atoms with E-state index >= 15 is 0 Å². The van der Waals surface area contributed by atoms with Crippen LogP contribution < -0.4 is 20.1 Å². The molecule has 4 nitrogen and oxygen atoms in total. The van der Waals surface area contributed by atoms with E-state index in [0.717, 1.165) is 30.2 Å². The fourth-order valence-electron chi connectivity index (χ4n) is 1.90. The highest BCUT2D eigenvalue weighted by Crippen LogP contribution is 2.34. The van der Waals surface area contributed by atoms with Crippen LogP contribution in [0.25, 0.3) is 0 Å². The minimum absolute atomic E-state index is 0.291. The molecule has 0 saturated heterocycles. The predicted octanol–water partition coefficient (Wildman–Crippen LogP) is 3.28. The highest BCUT2D eigenvalue weighted by molar-refractivity contribution is 7.80. The van der Waals surface area contributed by atoms with E-state index < -0.39 is 0 Å². The van der Waals surface area contributed by atoms with Crippen LogP contribution in [0, 0.1) is 0 Å². The molecule has 0 atom stereocenters. The molecular formula is C14H20N2O2S. The third-order valence-corrected chi connectivity index (χ3v) is 3.19. The van der Waals surface area contributed by atoms with Crippen molar-refractivity contribution < 1.29 is 9.47 Å². The van der Waals surface area contributed by atoms with Crippen molar-refractivity contribution in [2.24, 2.45) is 0 Å². The van der Waals surface area contributed by atoms with Crippen LogP contribution >= 0.6 is 12.2 Å². The van der Waals surface area contributed by atoms with Gasteiger partial charge in [0.1, 0.15) is 0 Å². The van der Waals surface area contributed by atoms with E-state index in [0.29, 0.717) is 11.9 Å². The molecule has 5 heteroatoms. The molecule has 104 valence electrons. The summed E-state index contributed by atoms with van der Waals surface area (Å²) >= 11 is 5.25. The fourth-order valence-corrected chi connectivity index (χ4v) is 2.12. The van der Waals surface area contributed by atoms with Crippen molar-refractivity contribution in [2.75, 3.05) is 18.7 Å². The molecule has 0 saturated carbocycles. The summed E-state index contributed by atoms with van der Waals surface area (Å²) in [5, 5.41) is 7.00. The molecule has 1 aromatic rings. The number of benzene rings is 1. The lowest BCUT2D eigenvalue weighted by Crippen LogP contribution is -2.29. The average molecular weight is 280 g/mol. The lowest BCUT2D eigenvalue weighted by atomic mass is 10.2. The van der Waals surface area contributed by atoms with Crippen LogP contribution in [0.1, 0.15) is 32.6 Å². The van der Waals surface area contributed by atoms with Crippen molar-refractivity contribution >= 4 is 23.0 Å². The van der Waals surface area contributed by atoms with Gasteiger partial charge in [0.15, 0.2) is 16.6 Å². The van der Waals surface area contributed by atoms with E-state index in [9.17, 15) is 0 Å². The summed E-state index contributed by atoms with van der Waals surface area (Å²) < 4.78 is 10.6. The Morgan fingerprint density at radius 3 is 2.89 bits per heavy atom. The fraction of sp³-hybridized carbons (Fsp3) is 0.500. The second-order valence-corrected chi connectivity index (χ2v) is 4.92. The third-order valence-electron chi connectivity index (χ3n) is 2.95. The number of hydrogen-bond donors (Lipinski definition) is 2. The molecule has 1 aromatic carbocycles. The first-order valence-corrected chi connectivity index (χ1v) is 7.15. The van der Waals surface area contributed by atoms with Crippen molar-refractivity contribution in [1.29, 1.82) is 0 Å². The molecule has 0 spiro atoms. The second kappa shape index (κ2) is 7.19. The van der Waals surface area contributed by atoms with E-state index in [2.05, 4.69) is 17.6 Å². The van der Waals surface area contributed by atoms with E-state index in [1.807, 2.05) is 18.2 Å². The van der Waals surface area contributed by atoms with Gasteiger partial charge in [-0.05, 0) is 30.8 Å². The van der Waals surface area contributed by atoms with E-state index in [1.165, 1.54) is 19.3 Å². The Hall–Kier alpha value is -1.49. The topological polar surface area (TPSA) is 42.5 Å². The highest BCUT2D eigenvalue weighted by Gasteiger charge is 2.13. The Labute approximate surface area is 119 Å². The van der Waals surface area contributed by atoms with Crippen LogP contribution in [-0.4, -0.2) is 18.5 Å². The monoisotopic (exact) mass is 280 g/mol. The van der Waals surface area contributed by atoms with E-state index in [-0.39, 0.29) is 0 Å². The molecule has 1 aliphatic heterocycles. The SMILES string of the molecule is CCCCCCNC(=S)Nc1ccc2c(c1)OCO2. The maximum Gasteiger partial charge on any atom is 0.231 e. The van der Waals surface area contributed by atoms with Gasteiger partial charge in [0.2, 0.25) is 6.79 Å². The molecule has 2 N–H and O–H groups in total. The molecule has 0 aromatic heterocycles. The number of unbranched alkanes of at least 4 members (excludes halogenated alkanes) is 3. The molecule has 1 heterocycles. The van der Waals surface area contributed by atoms with Gasteiger partial charge in [-0.1, -0.05) is 26.2 Å². The Bertz CT molecular complexity index is 437. The van der Waals surface area contributed by atoms with Crippen molar-refractivity contribution in [2.45, 2.75) is 32.6 Å². The van der Waals surface area contributed by atoms with Gasteiger partial charge in [0, 0.05) is 18.3 Å². The van der Waals surface area contributed by atoms with Gasteiger partial charge in [0.25, 0.3) is 0 Å². The van der Waals surface area contributed by atoms with Crippen molar-refractivity contribution in [3.8, 4) is 11.5 Å². The predicted molar refractivity (Wildman–Crippen MR) is 80.9 cm³/mol. The minimum atomic E-state index is 0.291. The summed E-state index contributed by atoms with van der Waals surface area (Å²) in [7, 11) is 0. The van der Waals surface area contributed by atoms with E-state index in [4.69, 9.17) is 21.7 Å². The molecule has 0 fully saturated rings. The first kappa shape index (κ1) is 13.9. The van der Waals surface area contributed by atoms with Crippen molar-refractivity contribution in [3.05, 3.63) is 18.2 Å². The van der Waals surface area contributed by atoms with Gasteiger partial charge in [-0.25, -0.2) is 0 Å². The molecule has 0 amide bonds. The smallest absolute Gasteiger partial charge is 0.231 e. The Morgan fingerprint density at radius 2 is 2.05 bits per heavy atom. The van der Waals surface area contributed by atoms with Gasteiger partial charge in [0.05, 0.1) is 0 Å². The first-order chi connectivity index (χ1) is 9.29. The molecule has 0 aliphatic carbocycles. The Morgan fingerprint density at radius 1 is 1.21 bits per heavy atom. The molecule has 19 heavy (non-hydrogen) atoms. The summed E-state index contributed by atoms with van der Waals surface area (Å²) in [6, 6.07) is 5.71. The number of hydrogen-bond acceptors (Lipinski definition) is 3. The zero-order chi connectivity index (χ0) is 13.5. The minimum Gasteiger partial charge on any atom is -0.454 e. The van der Waals surface area contributed by atoms with Gasteiger partial charge in [-0.15, -0.1) is 0 Å². The number of nitrogens with one attached hydrogen (secondary N) is 2. The zero-order valence-electron chi connectivity index (χ0n) is 11.2. The van der Waals surface area contributed by atoms with Crippen LogP contribution in [0.2, 0.25) is 0 Å². The summed E-state index contributed by atoms with van der Waals surface area (Å²) in [5.74, 6) is 1.54. The van der Waals surface area contributed by atoms with Crippen molar-refractivity contribution in [3.63, 3.8) is 0 Å². The Balaban J connectivity index is 1.73. The summed E-state index contributed by atoms with van der Waals surface area (Å²) in [4.78, 5) is 0. The largest absolute Gasteiger partial charge is 0.454 e. The van der Waals surface area contributed by atoms with Crippen LogP contribution in [-0.2, 0) is 0 Å². The lowest BCUT2D eigenvalue weighted by Gasteiger charge is -2.10. The lowest BCUT2D eigenvalue weighted by molar-refractivity contribution is 0.174.